The summed E-state index contributed by atoms with van der Waals surface area (Å²) >= 11 is 6.24. The first-order chi connectivity index (χ1) is 21.1. The summed E-state index contributed by atoms with van der Waals surface area (Å²) in [5.74, 6) is -1.66. The van der Waals surface area contributed by atoms with Crippen LogP contribution in [-0.4, -0.2) is 43.8 Å². The summed E-state index contributed by atoms with van der Waals surface area (Å²) in [6.45, 7) is 2.87. The Bertz CT molecular complexity index is 1670. The molecular formula is C34H35ClFN3O4S. The summed E-state index contributed by atoms with van der Waals surface area (Å²) in [6.07, 6.45) is 0.787. The number of nitrogens with zero attached hydrogens (tertiary/aromatic N) is 2. The predicted octanol–water partition coefficient (Wildman–Crippen LogP) is 6.23. The predicted molar refractivity (Wildman–Crippen MR) is 171 cm³/mol. The van der Waals surface area contributed by atoms with Gasteiger partial charge in [0.1, 0.15) is 18.4 Å². The topological polar surface area (TPSA) is 86.8 Å². The first kappa shape index (κ1) is 32.7. The van der Waals surface area contributed by atoms with Crippen molar-refractivity contribution in [1.82, 2.24) is 10.2 Å². The van der Waals surface area contributed by atoms with Gasteiger partial charge in [-0.25, -0.2) is 12.8 Å². The average Bonchev–Trinajstić information content (AvgIpc) is 3.03. The van der Waals surface area contributed by atoms with Gasteiger partial charge in [-0.2, -0.15) is 0 Å². The monoisotopic (exact) mass is 635 g/mol. The molecule has 1 N–H and O–H groups in total. The van der Waals surface area contributed by atoms with E-state index < -0.39 is 40.2 Å². The van der Waals surface area contributed by atoms with Crippen LogP contribution < -0.4 is 9.62 Å². The number of sulfonamides is 1. The van der Waals surface area contributed by atoms with Crippen molar-refractivity contribution in [2.75, 3.05) is 10.8 Å². The molecule has 4 aromatic rings. The lowest BCUT2D eigenvalue weighted by Crippen LogP contribution is -2.54. The minimum absolute atomic E-state index is 0.0243. The third kappa shape index (κ3) is 8.24. The maximum absolute atomic E-state index is 15.0. The number of amides is 2. The van der Waals surface area contributed by atoms with Crippen LogP contribution in [0, 0.1) is 5.82 Å². The van der Waals surface area contributed by atoms with E-state index >= 15 is 0 Å². The highest BCUT2D eigenvalue weighted by Crippen LogP contribution is 2.27. The summed E-state index contributed by atoms with van der Waals surface area (Å²) in [5.41, 5.74) is 1.14. The Morgan fingerprint density at radius 2 is 1.52 bits per heavy atom. The van der Waals surface area contributed by atoms with Crippen molar-refractivity contribution in [2.45, 2.75) is 50.2 Å². The molecule has 0 saturated carbocycles. The fourth-order valence-corrected chi connectivity index (χ4v) is 6.30. The fraction of sp³-hybridized carbons (Fsp3) is 0.235. The summed E-state index contributed by atoms with van der Waals surface area (Å²) in [7, 11) is -4.26. The molecule has 2 amide bonds. The van der Waals surface area contributed by atoms with Crippen molar-refractivity contribution in [3.05, 3.63) is 131 Å². The van der Waals surface area contributed by atoms with Gasteiger partial charge in [0.15, 0.2) is 0 Å². The second kappa shape index (κ2) is 15.0. The first-order valence-electron chi connectivity index (χ1n) is 14.3. The molecule has 0 radical (unpaired) electrons. The second-order valence-corrected chi connectivity index (χ2v) is 12.7. The normalized spacial score (nSPS) is 12.6. The lowest BCUT2D eigenvalue weighted by Gasteiger charge is -2.34. The largest absolute Gasteiger partial charge is 0.352 e. The quantitative estimate of drug-likeness (QED) is 0.189. The van der Waals surface area contributed by atoms with Crippen molar-refractivity contribution >= 4 is 39.1 Å². The molecule has 7 nitrogen and oxygen atoms in total. The van der Waals surface area contributed by atoms with Crippen molar-refractivity contribution < 1.29 is 22.4 Å². The molecule has 0 aromatic heterocycles. The molecule has 0 bridgehead atoms. The number of carbonyl (C=O) groups is 2. The highest BCUT2D eigenvalue weighted by molar-refractivity contribution is 7.92. The van der Waals surface area contributed by atoms with Crippen molar-refractivity contribution in [2.24, 2.45) is 0 Å². The number of carbonyl (C=O) groups excluding carboxylic acids is 2. The van der Waals surface area contributed by atoms with Crippen molar-refractivity contribution in [3.8, 4) is 0 Å². The van der Waals surface area contributed by atoms with Gasteiger partial charge in [0.25, 0.3) is 10.0 Å². The van der Waals surface area contributed by atoms with E-state index in [0.717, 1.165) is 9.87 Å². The summed E-state index contributed by atoms with van der Waals surface area (Å²) in [4.78, 5) is 29.4. The van der Waals surface area contributed by atoms with Gasteiger partial charge in [0.2, 0.25) is 11.8 Å². The third-order valence-corrected chi connectivity index (χ3v) is 9.30. The number of hydrogen-bond acceptors (Lipinski definition) is 4. The lowest BCUT2D eigenvalue weighted by atomic mass is 10.0. The summed E-state index contributed by atoms with van der Waals surface area (Å²) in [5, 5.41) is 3.24. The third-order valence-electron chi connectivity index (χ3n) is 7.28. The summed E-state index contributed by atoms with van der Waals surface area (Å²) in [6, 6.07) is 27.8. The number of nitrogens with one attached hydrogen (secondary N) is 1. The van der Waals surface area contributed by atoms with Crippen LogP contribution in [0.5, 0.6) is 0 Å². The molecule has 0 aliphatic carbocycles. The van der Waals surface area contributed by atoms with Gasteiger partial charge in [-0.15, -0.1) is 0 Å². The van der Waals surface area contributed by atoms with E-state index in [-0.39, 0.29) is 40.2 Å². The number of rotatable bonds is 13. The number of halogens is 2. The Labute approximate surface area is 263 Å². The Morgan fingerprint density at radius 1 is 0.886 bits per heavy atom. The van der Waals surface area contributed by atoms with E-state index in [9.17, 15) is 22.4 Å². The second-order valence-electron chi connectivity index (χ2n) is 10.4. The van der Waals surface area contributed by atoms with E-state index in [1.165, 1.54) is 47.4 Å². The highest BCUT2D eigenvalue weighted by atomic mass is 35.5. The lowest BCUT2D eigenvalue weighted by molar-refractivity contribution is -0.140. The fourth-order valence-electron chi connectivity index (χ4n) is 4.68. The standard InChI is InChI=1S/C34H35ClFN3O4S/c1-3-25(2)37-34(41)32(21-26-13-6-4-7-14-26)38(23-27-15-10-11-20-31(27)36)33(40)24-39(29-17-12-16-28(35)22-29)44(42,43)30-18-8-5-9-19-30/h4-20,22,25,32H,3,21,23-24H2,1-2H3,(H,37,41)/t25-,32-/m0/s1. The molecule has 0 heterocycles. The van der Waals surface area contributed by atoms with Gasteiger partial charge in [-0.05, 0) is 55.3 Å². The van der Waals surface area contributed by atoms with Crippen LogP contribution in [0.1, 0.15) is 31.4 Å². The Hall–Kier alpha value is -4.21. The molecule has 0 saturated heterocycles. The van der Waals surface area contributed by atoms with Crippen LogP contribution in [-0.2, 0) is 32.6 Å². The SMILES string of the molecule is CC[C@H](C)NC(=O)[C@H](Cc1ccccc1)N(Cc1ccccc1F)C(=O)CN(c1cccc(Cl)c1)S(=O)(=O)c1ccccc1. The van der Waals surface area contributed by atoms with Crippen LogP contribution in [0.2, 0.25) is 5.02 Å². The minimum Gasteiger partial charge on any atom is -0.352 e. The molecule has 0 aliphatic rings. The first-order valence-corrected chi connectivity index (χ1v) is 16.1. The molecule has 4 aromatic carbocycles. The molecule has 10 heteroatoms. The van der Waals surface area contributed by atoms with Crippen LogP contribution in [0.4, 0.5) is 10.1 Å². The van der Waals surface area contributed by atoms with Gasteiger partial charge in [0.05, 0.1) is 10.6 Å². The smallest absolute Gasteiger partial charge is 0.264 e. The van der Waals surface area contributed by atoms with E-state index in [4.69, 9.17) is 11.6 Å². The van der Waals surface area contributed by atoms with Gasteiger partial charge < -0.3 is 10.2 Å². The van der Waals surface area contributed by atoms with Crippen LogP contribution >= 0.6 is 11.6 Å². The minimum atomic E-state index is -4.26. The number of benzene rings is 4. The highest BCUT2D eigenvalue weighted by Gasteiger charge is 2.35. The van der Waals surface area contributed by atoms with E-state index in [1.54, 1.807) is 36.4 Å². The molecule has 230 valence electrons. The Morgan fingerprint density at radius 3 is 2.16 bits per heavy atom. The van der Waals surface area contributed by atoms with Gasteiger partial charge in [0, 0.05) is 29.6 Å². The Kier molecular flexibility index (Phi) is 11.1. The van der Waals surface area contributed by atoms with Crippen LogP contribution in [0.3, 0.4) is 0 Å². The molecule has 4 rings (SSSR count). The average molecular weight is 636 g/mol. The molecule has 0 fully saturated rings. The molecule has 0 spiro atoms. The number of hydrogen-bond donors (Lipinski definition) is 1. The van der Waals surface area contributed by atoms with Crippen LogP contribution in [0.15, 0.2) is 114 Å². The molecule has 44 heavy (non-hydrogen) atoms. The molecule has 0 aliphatic heterocycles. The van der Waals surface area contributed by atoms with Crippen molar-refractivity contribution in [3.63, 3.8) is 0 Å². The molecule has 2 atom stereocenters. The zero-order chi connectivity index (χ0) is 31.7. The summed E-state index contributed by atoms with van der Waals surface area (Å²) < 4.78 is 43.9. The van der Waals surface area contributed by atoms with E-state index in [0.29, 0.717) is 6.42 Å². The maximum Gasteiger partial charge on any atom is 0.264 e. The molecular weight excluding hydrogens is 601 g/mol. The number of anilines is 1. The molecule has 0 unspecified atom stereocenters. The zero-order valence-corrected chi connectivity index (χ0v) is 26.1. The van der Waals surface area contributed by atoms with E-state index in [2.05, 4.69) is 5.32 Å². The van der Waals surface area contributed by atoms with E-state index in [1.807, 2.05) is 44.2 Å². The van der Waals surface area contributed by atoms with Crippen molar-refractivity contribution in [1.29, 1.82) is 0 Å². The zero-order valence-electron chi connectivity index (χ0n) is 24.6. The maximum atomic E-state index is 15.0. The van der Waals surface area contributed by atoms with Crippen LogP contribution in [0.25, 0.3) is 0 Å². The van der Waals surface area contributed by atoms with Gasteiger partial charge in [-0.1, -0.05) is 91.3 Å². The Balaban J connectivity index is 1.81. The van der Waals surface area contributed by atoms with Gasteiger partial charge >= 0.3 is 0 Å². The van der Waals surface area contributed by atoms with Gasteiger partial charge in [-0.3, -0.25) is 13.9 Å².